The smallest absolute Gasteiger partial charge is 0.320 e. The van der Waals surface area contributed by atoms with Gasteiger partial charge in [0.1, 0.15) is 6.04 Å². The molecule has 0 bridgehead atoms. The van der Waals surface area contributed by atoms with Gasteiger partial charge in [0, 0.05) is 19.6 Å². The van der Waals surface area contributed by atoms with Crippen LogP contribution in [-0.2, 0) is 9.59 Å². The van der Waals surface area contributed by atoms with E-state index in [1.54, 1.807) is 4.90 Å². The summed E-state index contributed by atoms with van der Waals surface area (Å²) in [6, 6.07) is -0.584. The SMILES string of the molecule is CCCCC(C(=O)O)N(CCC(=O)O)CCN(C)C. The average molecular weight is 274 g/mol. The molecular formula is C13H26N2O4. The molecule has 6 nitrogen and oxygen atoms in total. The van der Waals surface area contributed by atoms with Crippen LogP contribution in [0.25, 0.3) is 0 Å². The molecule has 0 amide bonds. The fourth-order valence-corrected chi connectivity index (χ4v) is 1.85. The fourth-order valence-electron chi connectivity index (χ4n) is 1.85. The Bertz CT molecular complexity index is 282. The molecule has 0 rings (SSSR count). The lowest BCUT2D eigenvalue weighted by molar-refractivity contribution is -0.145. The highest BCUT2D eigenvalue weighted by atomic mass is 16.4. The van der Waals surface area contributed by atoms with Gasteiger partial charge < -0.3 is 15.1 Å². The van der Waals surface area contributed by atoms with Crippen molar-refractivity contribution >= 4 is 11.9 Å². The molecule has 112 valence electrons. The number of carbonyl (C=O) groups is 2. The van der Waals surface area contributed by atoms with E-state index in [9.17, 15) is 14.7 Å². The topological polar surface area (TPSA) is 81.1 Å². The predicted molar refractivity (Wildman–Crippen MR) is 73.3 cm³/mol. The summed E-state index contributed by atoms with van der Waals surface area (Å²) in [4.78, 5) is 25.7. The van der Waals surface area contributed by atoms with E-state index in [2.05, 4.69) is 0 Å². The van der Waals surface area contributed by atoms with Crippen LogP contribution in [0.4, 0.5) is 0 Å². The van der Waals surface area contributed by atoms with Gasteiger partial charge in [-0.15, -0.1) is 0 Å². The van der Waals surface area contributed by atoms with Gasteiger partial charge >= 0.3 is 11.9 Å². The van der Waals surface area contributed by atoms with Crippen LogP contribution in [0.5, 0.6) is 0 Å². The van der Waals surface area contributed by atoms with E-state index >= 15 is 0 Å². The number of nitrogens with zero attached hydrogens (tertiary/aromatic N) is 2. The zero-order valence-electron chi connectivity index (χ0n) is 12.1. The van der Waals surface area contributed by atoms with Gasteiger partial charge in [0.25, 0.3) is 0 Å². The number of rotatable bonds is 11. The van der Waals surface area contributed by atoms with E-state index in [4.69, 9.17) is 5.11 Å². The molecule has 6 heteroatoms. The van der Waals surface area contributed by atoms with Gasteiger partial charge in [-0.05, 0) is 20.5 Å². The Hall–Kier alpha value is -1.14. The number of carboxylic acid groups (broad SMARTS) is 2. The first-order valence-corrected chi connectivity index (χ1v) is 6.71. The highest BCUT2D eigenvalue weighted by Gasteiger charge is 2.25. The predicted octanol–water partition coefficient (Wildman–Crippen LogP) is 0.968. The molecule has 2 N–H and O–H groups in total. The van der Waals surface area contributed by atoms with Crippen LogP contribution in [0.15, 0.2) is 0 Å². The molecule has 19 heavy (non-hydrogen) atoms. The molecule has 0 saturated heterocycles. The molecule has 0 radical (unpaired) electrons. The van der Waals surface area contributed by atoms with Gasteiger partial charge in [-0.25, -0.2) is 0 Å². The van der Waals surface area contributed by atoms with E-state index in [1.807, 2.05) is 25.9 Å². The first-order chi connectivity index (χ1) is 8.88. The third-order valence-electron chi connectivity index (χ3n) is 3.00. The van der Waals surface area contributed by atoms with Crippen LogP contribution in [0, 0.1) is 0 Å². The third kappa shape index (κ3) is 8.56. The minimum absolute atomic E-state index is 0.0245. The number of likely N-dealkylation sites (N-methyl/N-ethyl adjacent to an activating group) is 1. The van der Waals surface area contributed by atoms with Crippen LogP contribution < -0.4 is 0 Å². The number of hydrogen-bond donors (Lipinski definition) is 2. The Morgan fingerprint density at radius 3 is 2.16 bits per heavy atom. The van der Waals surface area contributed by atoms with Crippen molar-refractivity contribution in [2.75, 3.05) is 33.7 Å². The van der Waals surface area contributed by atoms with Crippen molar-refractivity contribution in [1.29, 1.82) is 0 Å². The van der Waals surface area contributed by atoms with E-state index in [0.717, 1.165) is 19.4 Å². The summed E-state index contributed by atoms with van der Waals surface area (Å²) in [5, 5.41) is 18.0. The van der Waals surface area contributed by atoms with Crippen molar-refractivity contribution in [2.24, 2.45) is 0 Å². The highest BCUT2D eigenvalue weighted by Crippen LogP contribution is 2.10. The summed E-state index contributed by atoms with van der Waals surface area (Å²) < 4.78 is 0. The first-order valence-electron chi connectivity index (χ1n) is 6.71. The van der Waals surface area contributed by atoms with Crippen molar-refractivity contribution in [3.63, 3.8) is 0 Å². The molecule has 0 heterocycles. The molecular weight excluding hydrogens is 248 g/mol. The van der Waals surface area contributed by atoms with Gasteiger partial charge in [0.05, 0.1) is 6.42 Å². The minimum atomic E-state index is -0.894. The molecule has 0 fully saturated rings. The normalized spacial score (nSPS) is 12.9. The molecule has 0 aliphatic rings. The fraction of sp³-hybridized carbons (Fsp3) is 0.846. The third-order valence-corrected chi connectivity index (χ3v) is 3.00. The molecule has 1 unspecified atom stereocenters. The second-order valence-corrected chi connectivity index (χ2v) is 4.98. The molecule has 0 aromatic rings. The van der Waals surface area contributed by atoms with E-state index < -0.39 is 18.0 Å². The highest BCUT2D eigenvalue weighted by molar-refractivity contribution is 5.73. The minimum Gasteiger partial charge on any atom is -0.481 e. The quantitative estimate of drug-likeness (QED) is 0.584. The summed E-state index contributed by atoms with van der Waals surface area (Å²) in [6.45, 7) is 3.58. The van der Waals surface area contributed by atoms with Crippen molar-refractivity contribution in [3.05, 3.63) is 0 Å². The van der Waals surface area contributed by atoms with Gasteiger partial charge in [0.15, 0.2) is 0 Å². The van der Waals surface area contributed by atoms with Gasteiger partial charge in [-0.1, -0.05) is 19.8 Å². The monoisotopic (exact) mass is 274 g/mol. The Morgan fingerprint density at radius 1 is 1.11 bits per heavy atom. The molecule has 0 aromatic carbocycles. The summed E-state index contributed by atoms with van der Waals surface area (Å²) >= 11 is 0. The van der Waals surface area contributed by atoms with E-state index in [1.165, 1.54) is 0 Å². The summed E-state index contributed by atoms with van der Waals surface area (Å²) in [6.07, 6.45) is 2.31. The van der Waals surface area contributed by atoms with Crippen molar-refractivity contribution in [3.8, 4) is 0 Å². The lowest BCUT2D eigenvalue weighted by Crippen LogP contribution is -2.45. The Kier molecular flexibility index (Phi) is 9.16. The largest absolute Gasteiger partial charge is 0.481 e. The van der Waals surface area contributed by atoms with Crippen LogP contribution in [0.2, 0.25) is 0 Å². The van der Waals surface area contributed by atoms with Crippen LogP contribution in [0.1, 0.15) is 32.6 Å². The second kappa shape index (κ2) is 9.75. The lowest BCUT2D eigenvalue weighted by Gasteiger charge is -2.29. The number of carboxylic acids is 2. The summed E-state index contributed by atoms with van der Waals surface area (Å²) in [7, 11) is 3.83. The van der Waals surface area contributed by atoms with E-state index in [-0.39, 0.29) is 13.0 Å². The molecule has 0 aliphatic carbocycles. The van der Waals surface area contributed by atoms with Crippen LogP contribution >= 0.6 is 0 Å². The molecule has 0 saturated carbocycles. The number of unbranched alkanes of at least 4 members (excludes halogenated alkanes) is 1. The second-order valence-electron chi connectivity index (χ2n) is 4.98. The summed E-state index contributed by atoms with van der Waals surface area (Å²) in [5.74, 6) is -1.76. The average Bonchev–Trinajstić information content (AvgIpc) is 2.30. The maximum Gasteiger partial charge on any atom is 0.320 e. The first kappa shape index (κ1) is 17.9. The van der Waals surface area contributed by atoms with E-state index in [0.29, 0.717) is 13.0 Å². The molecule has 0 aromatic heterocycles. The Morgan fingerprint density at radius 2 is 1.74 bits per heavy atom. The zero-order valence-corrected chi connectivity index (χ0v) is 12.1. The molecule has 0 spiro atoms. The van der Waals surface area contributed by atoms with Crippen molar-refractivity contribution in [2.45, 2.75) is 38.6 Å². The molecule has 0 aliphatic heterocycles. The number of hydrogen-bond acceptors (Lipinski definition) is 4. The van der Waals surface area contributed by atoms with Gasteiger partial charge in [-0.3, -0.25) is 14.5 Å². The van der Waals surface area contributed by atoms with Crippen LogP contribution in [-0.4, -0.2) is 71.7 Å². The molecule has 1 atom stereocenters. The summed E-state index contributed by atoms with van der Waals surface area (Å²) in [5.41, 5.74) is 0. The van der Waals surface area contributed by atoms with Crippen molar-refractivity contribution < 1.29 is 19.8 Å². The maximum atomic E-state index is 11.3. The lowest BCUT2D eigenvalue weighted by atomic mass is 10.1. The van der Waals surface area contributed by atoms with Crippen LogP contribution in [0.3, 0.4) is 0 Å². The maximum absolute atomic E-state index is 11.3. The zero-order chi connectivity index (χ0) is 14.8. The van der Waals surface area contributed by atoms with Gasteiger partial charge in [-0.2, -0.15) is 0 Å². The van der Waals surface area contributed by atoms with Crippen molar-refractivity contribution in [1.82, 2.24) is 9.80 Å². The Labute approximate surface area is 115 Å². The standard InChI is InChI=1S/C13H26N2O4/c1-4-5-6-11(13(18)19)15(8-7-12(16)17)10-9-14(2)3/h11H,4-10H2,1-3H3,(H,16,17)(H,18,19). The Balaban J connectivity index is 4.61. The van der Waals surface area contributed by atoms with Gasteiger partial charge in [0.2, 0.25) is 0 Å². The number of aliphatic carboxylic acids is 2.